The molecule has 4 heteroatoms. The Kier molecular flexibility index (Phi) is 3.17. The third kappa shape index (κ3) is 1.77. The molecule has 0 aromatic rings. The molecule has 1 heterocycles. The van der Waals surface area contributed by atoms with Gasteiger partial charge in [-0.15, -0.1) is 0 Å². The van der Waals surface area contributed by atoms with Crippen molar-refractivity contribution >= 4 is 5.97 Å². The number of hydrogen-bond acceptors (Lipinski definition) is 4. The van der Waals surface area contributed by atoms with Crippen LogP contribution < -0.4 is 0 Å². The number of aliphatic hydroxyl groups is 1. The van der Waals surface area contributed by atoms with E-state index in [0.29, 0.717) is 26.1 Å². The van der Waals surface area contributed by atoms with Crippen LogP contribution in [0, 0.1) is 5.41 Å². The number of hydrogen-bond donors (Lipinski definition) is 1. The van der Waals surface area contributed by atoms with E-state index < -0.39 is 11.0 Å². The molecule has 0 aromatic heterocycles. The van der Waals surface area contributed by atoms with Gasteiger partial charge in [-0.25, -0.2) is 0 Å². The highest BCUT2D eigenvalue weighted by atomic mass is 16.5. The van der Waals surface area contributed by atoms with E-state index in [1.165, 1.54) is 7.11 Å². The maximum Gasteiger partial charge on any atom is 0.314 e. The lowest BCUT2D eigenvalue weighted by atomic mass is 9.70. The van der Waals surface area contributed by atoms with Gasteiger partial charge in [-0.05, 0) is 13.8 Å². The molecule has 0 amide bonds. The van der Waals surface area contributed by atoms with Crippen LogP contribution in [0.4, 0.5) is 0 Å². The predicted octanol–water partition coefficient (Wildman–Crippen LogP) is 0.727. The van der Waals surface area contributed by atoms with Crippen LogP contribution in [0.1, 0.15) is 26.7 Å². The van der Waals surface area contributed by atoms with E-state index in [2.05, 4.69) is 0 Å². The summed E-state index contributed by atoms with van der Waals surface area (Å²) < 4.78 is 9.86. The molecule has 1 N–H and O–H groups in total. The van der Waals surface area contributed by atoms with E-state index in [4.69, 9.17) is 9.47 Å². The zero-order valence-electron chi connectivity index (χ0n) is 9.00. The molecule has 1 fully saturated rings. The lowest BCUT2D eigenvalue weighted by Crippen LogP contribution is -2.53. The molecule has 4 nitrogen and oxygen atoms in total. The first kappa shape index (κ1) is 11.5. The molecule has 0 spiro atoms. The summed E-state index contributed by atoms with van der Waals surface area (Å²) in [5.41, 5.74) is -1.87. The van der Waals surface area contributed by atoms with E-state index in [9.17, 15) is 9.90 Å². The van der Waals surface area contributed by atoms with Gasteiger partial charge >= 0.3 is 5.97 Å². The van der Waals surface area contributed by atoms with Crippen molar-refractivity contribution in [3.8, 4) is 0 Å². The molecule has 14 heavy (non-hydrogen) atoms. The second kappa shape index (κ2) is 3.87. The smallest absolute Gasteiger partial charge is 0.314 e. The minimum absolute atomic E-state index is 0.373. The zero-order valence-corrected chi connectivity index (χ0v) is 9.00. The number of carbonyl (C=O) groups is 1. The predicted molar refractivity (Wildman–Crippen MR) is 50.8 cm³/mol. The number of rotatable bonds is 2. The number of carbonyl (C=O) groups excluding carboxylic acids is 1. The van der Waals surface area contributed by atoms with Crippen LogP contribution in [0.25, 0.3) is 0 Å². The quantitative estimate of drug-likeness (QED) is 0.671. The molecule has 0 saturated carbocycles. The SMILES string of the molecule is COC(=O)C(C)(C)C1(O)CCOCC1. The van der Waals surface area contributed by atoms with Gasteiger partial charge in [0.15, 0.2) is 0 Å². The highest BCUT2D eigenvalue weighted by Crippen LogP contribution is 2.39. The Balaban J connectivity index is 2.82. The first-order chi connectivity index (χ1) is 6.44. The second-order valence-electron chi connectivity index (χ2n) is 4.26. The minimum Gasteiger partial charge on any atom is -0.469 e. The summed E-state index contributed by atoms with van der Waals surface area (Å²) in [5, 5.41) is 10.3. The van der Waals surface area contributed by atoms with Crippen molar-refractivity contribution in [2.45, 2.75) is 32.3 Å². The summed E-state index contributed by atoms with van der Waals surface area (Å²) in [6, 6.07) is 0. The topological polar surface area (TPSA) is 55.8 Å². The Morgan fingerprint density at radius 1 is 1.43 bits per heavy atom. The summed E-state index contributed by atoms with van der Waals surface area (Å²) in [5.74, 6) is -0.373. The molecule has 0 unspecified atom stereocenters. The molecule has 1 aliphatic rings. The van der Waals surface area contributed by atoms with Crippen LogP contribution in [0.2, 0.25) is 0 Å². The van der Waals surface area contributed by atoms with Gasteiger partial charge in [-0.3, -0.25) is 4.79 Å². The fourth-order valence-corrected chi connectivity index (χ4v) is 1.78. The van der Waals surface area contributed by atoms with Crippen LogP contribution in [0.5, 0.6) is 0 Å². The van der Waals surface area contributed by atoms with Crippen molar-refractivity contribution in [2.75, 3.05) is 20.3 Å². The summed E-state index contributed by atoms with van der Waals surface area (Å²) in [6.07, 6.45) is 0.963. The lowest BCUT2D eigenvalue weighted by Gasteiger charge is -2.42. The molecular formula is C10H18O4. The molecule has 0 aromatic carbocycles. The molecule has 1 aliphatic heterocycles. The van der Waals surface area contributed by atoms with Crippen LogP contribution in [0.15, 0.2) is 0 Å². The Morgan fingerprint density at radius 2 is 1.93 bits per heavy atom. The third-order valence-corrected chi connectivity index (χ3v) is 3.18. The van der Waals surface area contributed by atoms with Crippen LogP contribution in [-0.2, 0) is 14.3 Å². The minimum atomic E-state index is -1.00. The van der Waals surface area contributed by atoms with Crippen LogP contribution >= 0.6 is 0 Å². The maximum absolute atomic E-state index is 11.5. The molecule has 1 rings (SSSR count). The van der Waals surface area contributed by atoms with Gasteiger partial charge in [-0.1, -0.05) is 0 Å². The van der Waals surface area contributed by atoms with Gasteiger partial charge in [0.2, 0.25) is 0 Å². The fraction of sp³-hybridized carbons (Fsp3) is 0.900. The normalized spacial score (nSPS) is 21.7. The first-order valence-electron chi connectivity index (χ1n) is 4.82. The van der Waals surface area contributed by atoms with Crippen LogP contribution in [-0.4, -0.2) is 37.0 Å². The van der Waals surface area contributed by atoms with Crippen molar-refractivity contribution < 1.29 is 19.4 Å². The molecule has 0 bridgehead atoms. The van der Waals surface area contributed by atoms with E-state index in [1.807, 2.05) is 0 Å². The van der Waals surface area contributed by atoms with Gasteiger partial charge < -0.3 is 14.6 Å². The van der Waals surface area contributed by atoms with E-state index in [0.717, 1.165) is 0 Å². The highest BCUT2D eigenvalue weighted by molar-refractivity contribution is 5.77. The van der Waals surface area contributed by atoms with Gasteiger partial charge in [0.25, 0.3) is 0 Å². The third-order valence-electron chi connectivity index (χ3n) is 3.18. The number of ether oxygens (including phenoxy) is 2. The van der Waals surface area contributed by atoms with Crippen molar-refractivity contribution in [3.63, 3.8) is 0 Å². The molecule has 82 valence electrons. The molecule has 0 aliphatic carbocycles. The summed E-state index contributed by atoms with van der Waals surface area (Å²) in [6.45, 7) is 4.42. The lowest BCUT2D eigenvalue weighted by molar-refractivity contribution is -0.180. The van der Waals surface area contributed by atoms with Gasteiger partial charge in [-0.2, -0.15) is 0 Å². The van der Waals surface area contributed by atoms with E-state index >= 15 is 0 Å². The van der Waals surface area contributed by atoms with Crippen LogP contribution in [0.3, 0.4) is 0 Å². The summed E-state index contributed by atoms with van der Waals surface area (Å²) in [7, 11) is 1.34. The Labute approximate surface area is 84.2 Å². The monoisotopic (exact) mass is 202 g/mol. The molecule has 0 atom stereocenters. The Bertz CT molecular complexity index is 216. The van der Waals surface area contributed by atoms with Crippen molar-refractivity contribution in [3.05, 3.63) is 0 Å². The Hall–Kier alpha value is -0.610. The van der Waals surface area contributed by atoms with Gasteiger partial charge in [0.05, 0.1) is 18.1 Å². The van der Waals surface area contributed by atoms with E-state index in [-0.39, 0.29) is 5.97 Å². The van der Waals surface area contributed by atoms with Crippen molar-refractivity contribution in [1.82, 2.24) is 0 Å². The van der Waals surface area contributed by atoms with Gasteiger partial charge in [0, 0.05) is 26.1 Å². The second-order valence-corrected chi connectivity index (χ2v) is 4.26. The van der Waals surface area contributed by atoms with Crippen molar-refractivity contribution in [1.29, 1.82) is 0 Å². The first-order valence-corrected chi connectivity index (χ1v) is 4.82. The van der Waals surface area contributed by atoms with Crippen molar-refractivity contribution in [2.24, 2.45) is 5.41 Å². The standard InChI is InChI=1S/C10H18O4/c1-9(2,8(11)13-3)10(12)4-6-14-7-5-10/h12H,4-7H2,1-3H3. The zero-order chi connectivity index (χ0) is 10.8. The van der Waals surface area contributed by atoms with Gasteiger partial charge in [0.1, 0.15) is 0 Å². The summed E-state index contributed by atoms with van der Waals surface area (Å²) in [4.78, 5) is 11.5. The van der Waals surface area contributed by atoms with E-state index in [1.54, 1.807) is 13.8 Å². The number of esters is 1. The highest BCUT2D eigenvalue weighted by Gasteiger charge is 2.50. The Morgan fingerprint density at radius 3 is 2.36 bits per heavy atom. The summed E-state index contributed by atoms with van der Waals surface area (Å²) >= 11 is 0. The molecular weight excluding hydrogens is 184 g/mol. The average Bonchev–Trinajstić information content (AvgIpc) is 2.17. The molecule has 1 saturated heterocycles. The molecule has 0 radical (unpaired) electrons. The fourth-order valence-electron chi connectivity index (χ4n) is 1.78. The average molecular weight is 202 g/mol. The largest absolute Gasteiger partial charge is 0.469 e. The maximum atomic E-state index is 11.5. The number of methoxy groups -OCH3 is 1.